The Labute approximate surface area is 273 Å². The summed E-state index contributed by atoms with van der Waals surface area (Å²) in [4.78, 5) is 38.2. The molecular weight excluding hydrogens is 605 g/mol. The molecule has 3 N–H and O–H groups in total. The van der Waals surface area contributed by atoms with Crippen molar-refractivity contribution in [3.63, 3.8) is 0 Å². The maximum absolute atomic E-state index is 13.2. The van der Waals surface area contributed by atoms with Crippen molar-refractivity contribution >= 4 is 36.9 Å². The molecule has 250 valence electrons. The molecule has 11 heteroatoms. The molecule has 0 saturated heterocycles. The highest BCUT2D eigenvalue weighted by atomic mass is 31.2. The van der Waals surface area contributed by atoms with Crippen molar-refractivity contribution in [2.45, 2.75) is 66.9 Å². The first kappa shape index (κ1) is 36.8. The van der Waals surface area contributed by atoms with E-state index < -0.39 is 20.6 Å². The average Bonchev–Trinajstić information content (AvgIpc) is 2.99. The number of esters is 1. The van der Waals surface area contributed by atoms with Crippen LogP contribution < -0.4 is 15.5 Å². The van der Waals surface area contributed by atoms with E-state index >= 15 is 0 Å². The summed E-state index contributed by atoms with van der Waals surface area (Å²) in [7, 11) is -4.43. The minimum absolute atomic E-state index is 0.0104. The van der Waals surface area contributed by atoms with Gasteiger partial charge in [0.2, 0.25) is 6.79 Å². The van der Waals surface area contributed by atoms with Crippen molar-refractivity contribution in [1.29, 1.82) is 0 Å². The number of amides is 2. The number of carbonyl (C=O) groups is 2. The highest BCUT2D eigenvalue weighted by molar-refractivity contribution is 7.47. The third-order valence-corrected chi connectivity index (χ3v) is 8.03. The van der Waals surface area contributed by atoms with Crippen molar-refractivity contribution < 1.29 is 32.8 Å². The lowest BCUT2D eigenvalue weighted by Gasteiger charge is -2.31. The number of benzene rings is 3. The molecule has 0 aliphatic heterocycles. The van der Waals surface area contributed by atoms with Gasteiger partial charge in [-0.3, -0.25) is 9.32 Å². The van der Waals surface area contributed by atoms with E-state index in [4.69, 9.17) is 13.8 Å². The van der Waals surface area contributed by atoms with Gasteiger partial charge < -0.3 is 25.2 Å². The quantitative estimate of drug-likeness (QED) is 0.0752. The molecule has 3 rings (SSSR count). The number of phosphoric acid groups is 1. The number of hydrogen-bond donors (Lipinski definition) is 3. The summed E-state index contributed by atoms with van der Waals surface area (Å²) in [5.41, 5.74) is 4.85. The molecule has 3 aromatic rings. The van der Waals surface area contributed by atoms with Crippen LogP contribution in [0, 0.1) is 18.8 Å². The molecule has 3 aromatic carbocycles. The van der Waals surface area contributed by atoms with Crippen LogP contribution in [0.15, 0.2) is 72.8 Å². The van der Waals surface area contributed by atoms with Crippen LogP contribution in [0.3, 0.4) is 0 Å². The van der Waals surface area contributed by atoms with Gasteiger partial charge in [-0.25, -0.2) is 13.9 Å². The van der Waals surface area contributed by atoms with E-state index in [1.54, 1.807) is 24.3 Å². The Bertz CT molecular complexity index is 1440. The molecule has 0 aromatic heterocycles. The van der Waals surface area contributed by atoms with Gasteiger partial charge in [0.25, 0.3) is 0 Å². The zero-order valence-electron chi connectivity index (χ0n) is 27.7. The number of ether oxygens (including phenoxy) is 1. The van der Waals surface area contributed by atoms with Gasteiger partial charge in [0.05, 0.1) is 24.4 Å². The number of rotatable bonds is 17. The standard InChI is InChI=1S/C35H48N3O7P/c1-7-29(20-34(39)43-24-45-46(41,42)44-23-28-11-9-8-10-12-28)30-15-18-33(38(21-25(2)3)22-26(4)5)32(19-30)37-35(40)36-31-16-13-27(6)14-17-31/h8-19,25-26,29H,7,20-24H2,1-6H3,(H,41,42)(H2,36,37,40)/t29-/m0/s1. The van der Waals surface area contributed by atoms with E-state index in [2.05, 4.69) is 43.2 Å². The van der Waals surface area contributed by atoms with E-state index in [9.17, 15) is 19.0 Å². The number of anilines is 3. The second kappa shape index (κ2) is 17.9. The second-order valence-electron chi connectivity index (χ2n) is 12.2. The van der Waals surface area contributed by atoms with Gasteiger partial charge in [-0.2, -0.15) is 0 Å². The number of nitrogens with one attached hydrogen (secondary N) is 2. The van der Waals surface area contributed by atoms with Crippen molar-refractivity contribution in [3.8, 4) is 0 Å². The largest absolute Gasteiger partial charge is 0.475 e. The SMILES string of the molecule is CC[C@@H](CC(=O)OCOP(=O)(O)OCc1ccccc1)c1ccc(N(CC(C)C)CC(C)C)c(NC(=O)Nc2ccc(C)cc2)c1. The molecule has 0 aliphatic rings. The topological polar surface area (TPSA) is 126 Å². The lowest BCUT2D eigenvalue weighted by molar-refractivity contribution is -0.151. The predicted octanol–water partition coefficient (Wildman–Crippen LogP) is 8.48. The van der Waals surface area contributed by atoms with E-state index in [1.807, 2.05) is 62.4 Å². The van der Waals surface area contributed by atoms with Crippen molar-refractivity contribution in [1.82, 2.24) is 0 Å². The zero-order chi connectivity index (χ0) is 33.7. The summed E-state index contributed by atoms with van der Waals surface area (Å²) < 4.78 is 27.2. The molecule has 0 bridgehead atoms. The summed E-state index contributed by atoms with van der Waals surface area (Å²) in [6.07, 6.45) is 0.626. The van der Waals surface area contributed by atoms with Gasteiger partial charge in [0.15, 0.2) is 0 Å². The molecule has 0 fully saturated rings. The number of carbonyl (C=O) groups excluding carboxylic acids is 2. The lowest BCUT2D eigenvalue weighted by atomic mass is 9.92. The fourth-order valence-corrected chi connectivity index (χ4v) is 5.51. The molecule has 2 atom stereocenters. The van der Waals surface area contributed by atoms with Crippen molar-refractivity contribution in [2.24, 2.45) is 11.8 Å². The normalized spacial score (nSPS) is 13.2. The summed E-state index contributed by atoms with van der Waals surface area (Å²) in [6.45, 7) is 13.3. The van der Waals surface area contributed by atoms with Crippen molar-refractivity contribution in [3.05, 3.63) is 89.5 Å². The van der Waals surface area contributed by atoms with Crippen molar-refractivity contribution in [2.75, 3.05) is 35.4 Å². The summed E-state index contributed by atoms with van der Waals surface area (Å²) in [5.74, 6) is -0.0370. The number of urea groups is 1. The Balaban J connectivity index is 1.72. The zero-order valence-corrected chi connectivity index (χ0v) is 28.6. The maximum atomic E-state index is 13.2. The number of aryl methyl sites for hydroxylation is 1. The van der Waals surface area contributed by atoms with Crippen LogP contribution in [0.25, 0.3) is 0 Å². The third kappa shape index (κ3) is 12.6. The fraction of sp³-hybridized carbons (Fsp3) is 0.429. The minimum Gasteiger partial charge on any atom is -0.438 e. The van der Waals surface area contributed by atoms with Crippen LogP contribution in [0.5, 0.6) is 0 Å². The smallest absolute Gasteiger partial charge is 0.438 e. The third-order valence-electron chi connectivity index (χ3n) is 7.14. The molecule has 0 aliphatic carbocycles. The Kier molecular flexibility index (Phi) is 14.3. The molecule has 1 unspecified atom stereocenters. The molecule has 0 saturated carbocycles. The average molecular weight is 654 g/mol. The minimum atomic E-state index is -4.43. The summed E-state index contributed by atoms with van der Waals surface area (Å²) in [6, 6.07) is 22.0. The second-order valence-corrected chi connectivity index (χ2v) is 13.7. The van der Waals surface area contributed by atoms with Gasteiger partial charge >= 0.3 is 19.8 Å². The number of phosphoric ester groups is 1. The van der Waals surface area contributed by atoms with Crippen LogP contribution in [0.4, 0.5) is 21.9 Å². The van der Waals surface area contributed by atoms with E-state index in [1.165, 1.54) is 0 Å². The van der Waals surface area contributed by atoms with Gasteiger partial charge in [-0.05, 0) is 66.5 Å². The number of nitrogens with zero attached hydrogens (tertiary/aromatic N) is 1. The maximum Gasteiger partial charge on any atom is 0.475 e. The molecular formula is C35H48N3O7P. The van der Waals surface area contributed by atoms with Gasteiger partial charge in [-0.15, -0.1) is 0 Å². The van der Waals surface area contributed by atoms with E-state index in [0.29, 0.717) is 35.2 Å². The Morgan fingerprint density at radius 3 is 2.15 bits per heavy atom. The molecule has 0 spiro atoms. The summed E-state index contributed by atoms with van der Waals surface area (Å²) in [5, 5.41) is 5.95. The van der Waals surface area contributed by atoms with Gasteiger partial charge in [0, 0.05) is 18.8 Å². The molecule has 0 heterocycles. The van der Waals surface area contributed by atoms with Crippen LogP contribution >= 0.6 is 7.82 Å². The summed E-state index contributed by atoms with van der Waals surface area (Å²) >= 11 is 0. The highest BCUT2D eigenvalue weighted by Gasteiger charge is 2.24. The Morgan fingerprint density at radius 1 is 0.891 bits per heavy atom. The first-order chi connectivity index (χ1) is 21.8. The van der Waals surface area contributed by atoms with Crippen LogP contribution in [-0.2, 0) is 29.8 Å². The van der Waals surface area contributed by atoms with E-state index in [-0.39, 0.29) is 25.0 Å². The van der Waals surface area contributed by atoms with Crippen LogP contribution in [0.1, 0.15) is 70.1 Å². The first-order valence-corrected chi connectivity index (χ1v) is 17.2. The highest BCUT2D eigenvalue weighted by Crippen LogP contribution is 2.44. The van der Waals surface area contributed by atoms with Crippen LogP contribution in [-0.4, -0.2) is 36.8 Å². The molecule has 10 nitrogen and oxygen atoms in total. The van der Waals surface area contributed by atoms with E-state index in [0.717, 1.165) is 29.9 Å². The molecule has 2 amide bonds. The Morgan fingerprint density at radius 2 is 1.54 bits per heavy atom. The first-order valence-electron chi connectivity index (χ1n) is 15.7. The molecule has 0 radical (unpaired) electrons. The monoisotopic (exact) mass is 653 g/mol. The molecule has 46 heavy (non-hydrogen) atoms. The van der Waals surface area contributed by atoms with Crippen LogP contribution in [0.2, 0.25) is 0 Å². The Hall–Kier alpha value is -3.69. The van der Waals surface area contributed by atoms with Gasteiger partial charge in [0.1, 0.15) is 0 Å². The number of hydrogen-bond acceptors (Lipinski definition) is 7. The fourth-order valence-electron chi connectivity index (χ4n) is 4.94. The predicted molar refractivity (Wildman–Crippen MR) is 183 cm³/mol. The lowest BCUT2D eigenvalue weighted by Crippen LogP contribution is -2.32. The van der Waals surface area contributed by atoms with Gasteiger partial charge in [-0.1, -0.05) is 88.7 Å².